The van der Waals surface area contributed by atoms with Crippen LogP contribution in [0.15, 0.2) is 30.3 Å². The molecule has 0 saturated carbocycles. The Kier molecular flexibility index (Phi) is 5.78. The number of aliphatic carboxylic acids is 1. The van der Waals surface area contributed by atoms with Crippen LogP contribution in [0.2, 0.25) is 0 Å². The van der Waals surface area contributed by atoms with Gasteiger partial charge in [-0.1, -0.05) is 50.3 Å². The minimum absolute atomic E-state index is 0.0700. The number of hydrogen-bond donors (Lipinski definition) is 1. The average molecular weight is 369 g/mol. The monoisotopic (exact) mass is 369 g/mol. The van der Waals surface area contributed by atoms with E-state index in [9.17, 15) is 22.8 Å². The topological polar surface area (TPSA) is 57.6 Å². The number of amides is 1. The molecule has 7 heteroatoms. The zero-order valence-corrected chi connectivity index (χ0v) is 14.7. The molecule has 4 nitrogen and oxygen atoms in total. The molecule has 1 aromatic carbocycles. The maximum Gasteiger partial charge on any atom is 0.406 e. The Morgan fingerprint density at radius 1 is 1.27 bits per heavy atom. The first-order valence-electron chi connectivity index (χ1n) is 8.41. The van der Waals surface area contributed by atoms with E-state index in [0.29, 0.717) is 5.92 Å². The Balaban J connectivity index is 1.97. The minimum atomic E-state index is -4.89. The third kappa shape index (κ3) is 4.08. The first kappa shape index (κ1) is 20.0. The normalized spacial score (nSPS) is 20.9. The molecular formula is C19H22F3NO3. The summed E-state index contributed by atoms with van der Waals surface area (Å²) in [5.74, 6) is -2.03. The molecule has 26 heavy (non-hydrogen) atoms. The molecule has 1 aliphatic rings. The van der Waals surface area contributed by atoms with Crippen molar-refractivity contribution in [3.05, 3.63) is 41.5 Å². The van der Waals surface area contributed by atoms with Crippen LogP contribution >= 0.6 is 0 Å². The van der Waals surface area contributed by atoms with E-state index < -0.39 is 36.4 Å². The van der Waals surface area contributed by atoms with Crippen molar-refractivity contribution in [3.63, 3.8) is 0 Å². The van der Waals surface area contributed by atoms with Gasteiger partial charge in [-0.2, -0.15) is 13.2 Å². The van der Waals surface area contributed by atoms with E-state index in [2.05, 4.69) is 13.8 Å². The van der Waals surface area contributed by atoms with Gasteiger partial charge in [-0.05, 0) is 23.5 Å². The number of alkyl halides is 3. The summed E-state index contributed by atoms with van der Waals surface area (Å²) >= 11 is 0. The number of likely N-dealkylation sites (tertiary alicyclic amines) is 1. The Morgan fingerprint density at radius 3 is 2.35 bits per heavy atom. The molecule has 1 aliphatic heterocycles. The van der Waals surface area contributed by atoms with E-state index >= 15 is 0 Å². The molecule has 0 bridgehead atoms. The van der Waals surface area contributed by atoms with Crippen molar-refractivity contribution in [2.45, 2.75) is 38.8 Å². The molecule has 1 saturated heterocycles. The number of carboxylic acids is 1. The van der Waals surface area contributed by atoms with Crippen LogP contribution in [0.5, 0.6) is 0 Å². The van der Waals surface area contributed by atoms with E-state index in [-0.39, 0.29) is 13.0 Å². The van der Waals surface area contributed by atoms with Gasteiger partial charge in [0.15, 0.2) is 5.41 Å². The van der Waals surface area contributed by atoms with Crippen LogP contribution in [0.3, 0.4) is 0 Å². The average Bonchev–Trinajstić information content (AvgIpc) is 3.02. The van der Waals surface area contributed by atoms with Gasteiger partial charge in [0.2, 0.25) is 5.91 Å². The van der Waals surface area contributed by atoms with Crippen molar-refractivity contribution in [1.29, 1.82) is 0 Å². The van der Waals surface area contributed by atoms with E-state index in [1.807, 2.05) is 24.3 Å². The highest BCUT2D eigenvalue weighted by molar-refractivity contribution is 5.82. The lowest BCUT2D eigenvalue weighted by Gasteiger charge is -2.27. The Morgan fingerprint density at radius 2 is 1.88 bits per heavy atom. The molecule has 1 N–H and O–H groups in total. The molecule has 0 aliphatic carbocycles. The van der Waals surface area contributed by atoms with Gasteiger partial charge in [-0.3, -0.25) is 9.59 Å². The summed E-state index contributed by atoms with van der Waals surface area (Å²) in [6.07, 6.45) is -2.26. The summed E-state index contributed by atoms with van der Waals surface area (Å²) in [5, 5.41) is 9.01. The summed E-state index contributed by atoms with van der Waals surface area (Å²) in [6.45, 7) is 3.12. The van der Waals surface area contributed by atoms with Crippen LogP contribution in [0.1, 0.15) is 43.7 Å². The summed E-state index contributed by atoms with van der Waals surface area (Å²) in [7, 11) is 0. The molecule has 1 unspecified atom stereocenters. The number of hydrogen-bond acceptors (Lipinski definition) is 2. The lowest BCUT2D eigenvalue weighted by Crippen LogP contribution is -2.47. The van der Waals surface area contributed by atoms with Gasteiger partial charge >= 0.3 is 12.1 Å². The van der Waals surface area contributed by atoms with Crippen LogP contribution in [0.25, 0.3) is 6.08 Å². The molecular weight excluding hydrogens is 347 g/mol. The quantitative estimate of drug-likeness (QED) is 0.851. The molecule has 1 atom stereocenters. The second-order valence-electron chi connectivity index (χ2n) is 6.88. The third-order valence-corrected chi connectivity index (χ3v) is 4.78. The van der Waals surface area contributed by atoms with Gasteiger partial charge in [0.1, 0.15) is 0 Å². The third-order valence-electron chi connectivity index (χ3n) is 4.78. The SMILES string of the molecule is CC(C)c1ccc(/C=C/CC(=O)N2CCC(C(=O)O)(C(F)(F)F)C2)cc1. The predicted molar refractivity (Wildman–Crippen MR) is 91.5 cm³/mol. The largest absolute Gasteiger partial charge is 0.481 e. The first-order chi connectivity index (χ1) is 12.1. The molecule has 0 spiro atoms. The number of carbonyl (C=O) groups excluding carboxylic acids is 1. The molecule has 1 fully saturated rings. The highest BCUT2D eigenvalue weighted by Gasteiger charge is 2.64. The summed E-state index contributed by atoms with van der Waals surface area (Å²) in [6, 6.07) is 7.78. The smallest absolute Gasteiger partial charge is 0.406 e. The fraction of sp³-hybridized carbons (Fsp3) is 0.474. The van der Waals surface area contributed by atoms with Gasteiger partial charge in [0.05, 0.1) is 0 Å². The molecule has 1 heterocycles. The summed E-state index contributed by atoms with van der Waals surface area (Å²) in [4.78, 5) is 24.3. The lowest BCUT2D eigenvalue weighted by molar-refractivity contribution is -0.227. The van der Waals surface area contributed by atoms with Gasteiger partial charge < -0.3 is 10.0 Å². The van der Waals surface area contributed by atoms with Crippen LogP contribution in [-0.2, 0) is 9.59 Å². The Bertz CT molecular complexity index is 695. The second-order valence-corrected chi connectivity index (χ2v) is 6.88. The van der Waals surface area contributed by atoms with Crippen molar-refractivity contribution < 1.29 is 27.9 Å². The zero-order valence-electron chi connectivity index (χ0n) is 14.7. The number of carbonyl (C=O) groups is 2. The standard InChI is InChI=1S/C19H22F3NO3/c1-13(2)15-8-6-14(7-9-15)4-3-5-16(24)23-11-10-18(12-23,17(25)26)19(20,21)22/h3-4,6-9,13H,5,10-12H2,1-2H3,(H,25,26)/b4-3+. The van der Waals surface area contributed by atoms with Crippen molar-refractivity contribution in [2.24, 2.45) is 5.41 Å². The lowest BCUT2D eigenvalue weighted by atomic mass is 9.86. The summed E-state index contributed by atoms with van der Waals surface area (Å²) < 4.78 is 39.4. The van der Waals surface area contributed by atoms with Crippen molar-refractivity contribution in [3.8, 4) is 0 Å². The summed E-state index contributed by atoms with van der Waals surface area (Å²) in [5.41, 5.74) is -0.787. The van der Waals surface area contributed by atoms with Crippen molar-refractivity contribution in [2.75, 3.05) is 13.1 Å². The van der Waals surface area contributed by atoms with Crippen molar-refractivity contribution >= 4 is 18.0 Å². The number of halogens is 3. The van der Waals surface area contributed by atoms with Crippen LogP contribution in [0, 0.1) is 5.41 Å². The van der Waals surface area contributed by atoms with E-state index in [1.165, 1.54) is 5.56 Å². The zero-order chi connectivity index (χ0) is 19.5. The Hall–Kier alpha value is -2.31. The van der Waals surface area contributed by atoms with Crippen LogP contribution in [-0.4, -0.2) is 41.1 Å². The van der Waals surface area contributed by atoms with Gasteiger partial charge in [-0.15, -0.1) is 0 Å². The molecule has 2 rings (SSSR count). The van der Waals surface area contributed by atoms with Crippen LogP contribution < -0.4 is 0 Å². The molecule has 1 amide bonds. The number of carboxylic acid groups (broad SMARTS) is 1. The van der Waals surface area contributed by atoms with Gasteiger partial charge in [0, 0.05) is 19.5 Å². The molecule has 1 aromatic rings. The highest BCUT2D eigenvalue weighted by atomic mass is 19.4. The molecule has 0 radical (unpaired) electrons. The fourth-order valence-corrected chi connectivity index (χ4v) is 2.97. The van der Waals surface area contributed by atoms with E-state index in [0.717, 1.165) is 10.5 Å². The maximum absolute atomic E-state index is 13.1. The molecule has 142 valence electrons. The number of nitrogens with zero attached hydrogens (tertiary/aromatic N) is 1. The van der Waals surface area contributed by atoms with E-state index in [1.54, 1.807) is 12.2 Å². The predicted octanol–water partition coefficient (Wildman–Crippen LogP) is 4.08. The van der Waals surface area contributed by atoms with Crippen LogP contribution in [0.4, 0.5) is 13.2 Å². The van der Waals surface area contributed by atoms with Gasteiger partial charge in [-0.25, -0.2) is 0 Å². The minimum Gasteiger partial charge on any atom is -0.481 e. The fourth-order valence-electron chi connectivity index (χ4n) is 2.97. The second kappa shape index (κ2) is 7.51. The van der Waals surface area contributed by atoms with Gasteiger partial charge in [0.25, 0.3) is 0 Å². The van der Waals surface area contributed by atoms with E-state index in [4.69, 9.17) is 5.11 Å². The van der Waals surface area contributed by atoms with Crippen molar-refractivity contribution in [1.82, 2.24) is 4.90 Å². The Labute approximate surface area is 150 Å². The number of rotatable bonds is 5. The maximum atomic E-state index is 13.1. The highest BCUT2D eigenvalue weighted by Crippen LogP contribution is 2.45. The first-order valence-corrected chi connectivity index (χ1v) is 8.41. The number of benzene rings is 1. The molecule has 0 aromatic heterocycles.